The van der Waals surface area contributed by atoms with E-state index in [1.165, 1.54) is 5.56 Å². The van der Waals surface area contributed by atoms with Crippen LogP contribution in [0.1, 0.15) is 42.8 Å². The Morgan fingerprint density at radius 3 is 2.95 bits per heavy atom. The fourth-order valence-electron chi connectivity index (χ4n) is 2.93. The van der Waals surface area contributed by atoms with Crippen LogP contribution in [-0.2, 0) is 4.74 Å². The van der Waals surface area contributed by atoms with E-state index in [0.29, 0.717) is 0 Å². The third kappa shape index (κ3) is 1.96. The Bertz CT molecular complexity index is 591. The van der Waals surface area contributed by atoms with Crippen LogP contribution in [0.3, 0.4) is 0 Å². The molecule has 2 atom stereocenters. The molecule has 104 valence electrons. The van der Waals surface area contributed by atoms with Crippen LogP contribution in [0.5, 0.6) is 0 Å². The van der Waals surface area contributed by atoms with Crippen molar-refractivity contribution in [1.29, 1.82) is 0 Å². The molecule has 1 N–H and O–H groups in total. The van der Waals surface area contributed by atoms with Crippen molar-refractivity contribution in [3.8, 4) is 0 Å². The zero-order valence-electron chi connectivity index (χ0n) is 11.2. The second-order valence-electron chi connectivity index (χ2n) is 5.25. The second kappa shape index (κ2) is 4.86. The third-order valence-electron chi connectivity index (χ3n) is 3.95. The van der Waals surface area contributed by atoms with Crippen LogP contribution >= 0.6 is 0 Å². The van der Waals surface area contributed by atoms with Crippen molar-refractivity contribution < 1.29 is 4.74 Å². The number of pyridine rings is 1. The summed E-state index contributed by atoms with van der Waals surface area (Å²) in [6, 6.07) is 4.33. The first-order valence-electron chi connectivity index (χ1n) is 7.13. The number of hydrogen-bond donors (Lipinski definition) is 1. The minimum atomic E-state index is 0.0630. The number of fused-ring (bicyclic) bond motifs is 1. The Morgan fingerprint density at radius 1 is 1.25 bits per heavy atom. The monoisotopic (exact) mass is 271 g/mol. The smallest absolute Gasteiger partial charge is 0.222 e. The van der Waals surface area contributed by atoms with Gasteiger partial charge in [0.2, 0.25) is 5.95 Å². The molecule has 0 aliphatic carbocycles. The van der Waals surface area contributed by atoms with Gasteiger partial charge in [0.05, 0.1) is 6.04 Å². The van der Waals surface area contributed by atoms with E-state index in [2.05, 4.69) is 20.4 Å². The van der Waals surface area contributed by atoms with Gasteiger partial charge in [0, 0.05) is 25.5 Å². The van der Waals surface area contributed by atoms with Gasteiger partial charge in [-0.25, -0.2) is 4.68 Å². The van der Waals surface area contributed by atoms with Gasteiger partial charge in [0.1, 0.15) is 6.10 Å². The average molecular weight is 271 g/mol. The van der Waals surface area contributed by atoms with E-state index in [-0.39, 0.29) is 12.1 Å². The summed E-state index contributed by atoms with van der Waals surface area (Å²) in [6.45, 7) is 1.73. The molecule has 1 saturated heterocycles. The van der Waals surface area contributed by atoms with E-state index >= 15 is 0 Å². The van der Waals surface area contributed by atoms with Crippen LogP contribution < -0.4 is 5.32 Å². The lowest BCUT2D eigenvalue weighted by atomic mass is 10.0. The van der Waals surface area contributed by atoms with Crippen molar-refractivity contribution in [1.82, 2.24) is 19.7 Å². The molecule has 6 nitrogen and oxygen atoms in total. The maximum absolute atomic E-state index is 5.68. The summed E-state index contributed by atoms with van der Waals surface area (Å²) in [6.07, 6.45) is 6.84. The largest absolute Gasteiger partial charge is 0.370 e. The molecule has 2 aromatic heterocycles. The summed E-state index contributed by atoms with van der Waals surface area (Å²) >= 11 is 0. The van der Waals surface area contributed by atoms with Gasteiger partial charge in [0.15, 0.2) is 5.82 Å². The molecule has 4 heterocycles. The number of hydrogen-bond acceptors (Lipinski definition) is 5. The SMILES string of the molecule is c1cc(C2CCNc3nc(C4CCCO4)nn32)ccn1. The molecule has 4 rings (SSSR count). The van der Waals surface area contributed by atoms with Gasteiger partial charge in [-0.1, -0.05) is 0 Å². The van der Waals surface area contributed by atoms with E-state index in [1.54, 1.807) is 0 Å². The molecule has 6 heteroatoms. The summed E-state index contributed by atoms with van der Waals surface area (Å²) in [4.78, 5) is 8.69. The molecule has 2 aliphatic rings. The summed E-state index contributed by atoms with van der Waals surface area (Å²) in [5.41, 5.74) is 1.23. The Hall–Kier alpha value is -1.95. The van der Waals surface area contributed by atoms with Crippen molar-refractivity contribution in [2.24, 2.45) is 0 Å². The van der Waals surface area contributed by atoms with Crippen LogP contribution in [0.15, 0.2) is 24.5 Å². The molecule has 20 heavy (non-hydrogen) atoms. The van der Waals surface area contributed by atoms with Crippen molar-refractivity contribution in [2.45, 2.75) is 31.4 Å². The quantitative estimate of drug-likeness (QED) is 0.904. The number of nitrogens with one attached hydrogen (secondary N) is 1. The minimum absolute atomic E-state index is 0.0630. The molecule has 2 unspecified atom stereocenters. The van der Waals surface area contributed by atoms with Crippen LogP contribution in [0.2, 0.25) is 0 Å². The van der Waals surface area contributed by atoms with Gasteiger partial charge in [-0.15, -0.1) is 0 Å². The summed E-state index contributed by atoms with van der Waals surface area (Å²) < 4.78 is 7.68. The predicted octanol–water partition coefficient (Wildman–Crippen LogP) is 1.93. The number of ether oxygens (including phenoxy) is 1. The third-order valence-corrected chi connectivity index (χ3v) is 3.95. The van der Waals surface area contributed by atoms with E-state index in [9.17, 15) is 0 Å². The molecular weight excluding hydrogens is 254 g/mol. The molecule has 0 saturated carbocycles. The molecule has 0 radical (unpaired) electrons. The zero-order chi connectivity index (χ0) is 13.4. The van der Waals surface area contributed by atoms with Gasteiger partial charge < -0.3 is 10.1 Å². The predicted molar refractivity (Wildman–Crippen MR) is 73.4 cm³/mol. The highest BCUT2D eigenvalue weighted by Gasteiger charge is 2.28. The molecule has 0 bridgehead atoms. The number of anilines is 1. The lowest BCUT2D eigenvalue weighted by molar-refractivity contribution is 0.105. The normalized spacial score (nSPS) is 25.2. The van der Waals surface area contributed by atoms with E-state index in [1.807, 2.05) is 29.2 Å². The van der Waals surface area contributed by atoms with Crippen LogP contribution in [0.25, 0.3) is 0 Å². The molecule has 0 aromatic carbocycles. The molecular formula is C14H17N5O. The average Bonchev–Trinajstić information content (AvgIpc) is 3.16. The maximum atomic E-state index is 5.68. The maximum Gasteiger partial charge on any atom is 0.222 e. The Morgan fingerprint density at radius 2 is 2.15 bits per heavy atom. The van der Waals surface area contributed by atoms with Gasteiger partial charge in [0.25, 0.3) is 0 Å². The number of rotatable bonds is 2. The lowest BCUT2D eigenvalue weighted by Gasteiger charge is -2.24. The lowest BCUT2D eigenvalue weighted by Crippen LogP contribution is -2.24. The summed E-state index contributed by atoms with van der Waals surface area (Å²) in [7, 11) is 0. The van der Waals surface area contributed by atoms with Crippen LogP contribution in [0, 0.1) is 0 Å². The van der Waals surface area contributed by atoms with Crippen molar-refractivity contribution in [3.05, 3.63) is 35.9 Å². The van der Waals surface area contributed by atoms with Gasteiger partial charge in [-0.2, -0.15) is 10.1 Å². The highest BCUT2D eigenvalue weighted by atomic mass is 16.5. The molecule has 0 spiro atoms. The second-order valence-corrected chi connectivity index (χ2v) is 5.25. The fourth-order valence-corrected chi connectivity index (χ4v) is 2.93. The van der Waals surface area contributed by atoms with Crippen molar-refractivity contribution in [3.63, 3.8) is 0 Å². The Balaban J connectivity index is 1.70. The standard InChI is InChI=1S/C14H17N5O/c1-2-12(20-9-1)13-17-14-16-8-5-11(19(14)18-13)10-3-6-15-7-4-10/h3-4,6-7,11-12H,1-2,5,8-9H2,(H,16,17,18). The van der Waals surface area contributed by atoms with E-state index < -0.39 is 0 Å². The summed E-state index contributed by atoms with van der Waals surface area (Å²) in [5, 5.41) is 8.01. The highest BCUT2D eigenvalue weighted by molar-refractivity contribution is 5.32. The Kier molecular flexibility index (Phi) is 2.88. The number of aromatic nitrogens is 4. The first-order valence-corrected chi connectivity index (χ1v) is 7.13. The van der Waals surface area contributed by atoms with E-state index in [0.717, 1.165) is 44.2 Å². The van der Waals surface area contributed by atoms with Crippen LogP contribution in [0.4, 0.5) is 5.95 Å². The molecule has 2 aromatic rings. The minimum Gasteiger partial charge on any atom is -0.370 e. The first-order chi connectivity index (χ1) is 9.92. The van der Waals surface area contributed by atoms with Gasteiger partial charge >= 0.3 is 0 Å². The molecule has 1 fully saturated rings. The fraction of sp³-hybridized carbons (Fsp3) is 0.500. The van der Waals surface area contributed by atoms with Crippen LogP contribution in [-0.4, -0.2) is 32.9 Å². The first kappa shape index (κ1) is 11.8. The van der Waals surface area contributed by atoms with Gasteiger partial charge in [-0.3, -0.25) is 4.98 Å². The summed E-state index contributed by atoms with van der Waals surface area (Å²) in [5.74, 6) is 1.66. The zero-order valence-corrected chi connectivity index (χ0v) is 11.2. The van der Waals surface area contributed by atoms with Gasteiger partial charge in [-0.05, 0) is 37.0 Å². The molecule has 0 amide bonds. The molecule has 2 aliphatic heterocycles. The number of nitrogens with zero attached hydrogens (tertiary/aromatic N) is 4. The van der Waals surface area contributed by atoms with E-state index in [4.69, 9.17) is 4.74 Å². The topological polar surface area (TPSA) is 64.9 Å². The highest BCUT2D eigenvalue weighted by Crippen LogP contribution is 2.32. The van der Waals surface area contributed by atoms with Crippen molar-refractivity contribution in [2.75, 3.05) is 18.5 Å². The van der Waals surface area contributed by atoms with Crippen molar-refractivity contribution >= 4 is 5.95 Å². The Labute approximate surface area is 117 Å².